The maximum atomic E-state index is 12.1. The molecule has 1 fully saturated rings. The fourth-order valence-electron chi connectivity index (χ4n) is 2.04. The third-order valence-electron chi connectivity index (χ3n) is 3.31. The zero-order chi connectivity index (χ0) is 12.3. The van der Waals surface area contributed by atoms with Crippen molar-refractivity contribution in [2.24, 2.45) is 12.5 Å². The number of hydrogen-bond acceptors (Lipinski definition) is 4. The van der Waals surface area contributed by atoms with Gasteiger partial charge >= 0.3 is 0 Å². The standard InChI is InChI=1S/C11H19N5O/c1-11(3-5-12-6-4-11)10(17)13-7-9-14-8-16(2)15-9/h8,12H,3-7H2,1-2H3,(H,13,17). The van der Waals surface area contributed by atoms with Crippen LogP contribution in [0.3, 0.4) is 0 Å². The lowest BCUT2D eigenvalue weighted by atomic mass is 9.80. The van der Waals surface area contributed by atoms with Gasteiger partial charge < -0.3 is 10.6 Å². The third kappa shape index (κ3) is 2.82. The lowest BCUT2D eigenvalue weighted by Crippen LogP contribution is -2.45. The number of piperidine rings is 1. The average Bonchev–Trinajstić information content (AvgIpc) is 2.73. The molecule has 17 heavy (non-hydrogen) atoms. The molecule has 0 saturated carbocycles. The van der Waals surface area contributed by atoms with E-state index >= 15 is 0 Å². The maximum Gasteiger partial charge on any atom is 0.226 e. The van der Waals surface area contributed by atoms with Crippen LogP contribution in [-0.2, 0) is 18.4 Å². The second kappa shape index (κ2) is 4.83. The van der Waals surface area contributed by atoms with Gasteiger partial charge in [-0.05, 0) is 25.9 Å². The fraction of sp³-hybridized carbons (Fsp3) is 0.727. The lowest BCUT2D eigenvalue weighted by Gasteiger charge is -2.32. The molecule has 0 atom stereocenters. The van der Waals surface area contributed by atoms with Crippen LogP contribution in [0.5, 0.6) is 0 Å². The van der Waals surface area contributed by atoms with Crippen molar-refractivity contribution in [3.63, 3.8) is 0 Å². The van der Waals surface area contributed by atoms with Crippen molar-refractivity contribution in [3.8, 4) is 0 Å². The van der Waals surface area contributed by atoms with Gasteiger partial charge in [-0.2, -0.15) is 5.10 Å². The molecule has 0 unspecified atom stereocenters. The van der Waals surface area contributed by atoms with E-state index in [9.17, 15) is 4.79 Å². The monoisotopic (exact) mass is 237 g/mol. The maximum absolute atomic E-state index is 12.1. The fourth-order valence-corrected chi connectivity index (χ4v) is 2.04. The van der Waals surface area contributed by atoms with Crippen molar-refractivity contribution in [2.45, 2.75) is 26.3 Å². The molecule has 6 heteroatoms. The molecule has 2 heterocycles. The highest BCUT2D eigenvalue weighted by atomic mass is 16.2. The Morgan fingerprint density at radius 2 is 2.29 bits per heavy atom. The number of carbonyl (C=O) groups is 1. The van der Waals surface area contributed by atoms with Gasteiger partial charge in [-0.3, -0.25) is 9.48 Å². The molecule has 2 rings (SSSR count). The zero-order valence-electron chi connectivity index (χ0n) is 10.4. The summed E-state index contributed by atoms with van der Waals surface area (Å²) in [6.45, 7) is 4.25. The summed E-state index contributed by atoms with van der Waals surface area (Å²) in [6.07, 6.45) is 3.40. The van der Waals surface area contributed by atoms with Crippen LogP contribution in [0.2, 0.25) is 0 Å². The zero-order valence-corrected chi connectivity index (χ0v) is 10.4. The van der Waals surface area contributed by atoms with Crippen molar-refractivity contribution in [2.75, 3.05) is 13.1 Å². The SMILES string of the molecule is Cn1cnc(CNC(=O)C2(C)CCNCC2)n1. The highest BCUT2D eigenvalue weighted by Gasteiger charge is 2.34. The second-order valence-electron chi connectivity index (χ2n) is 4.83. The van der Waals surface area contributed by atoms with Gasteiger partial charge in [-0.15, -0.1) is 0 Å². The normalized spacial score (nSPS) is 18.9. The molecule has 6 nitrogen and oxygen atoms in total. The van der Waals surface area contributed by atoms with Crippen molar-refractivity contribution >= 4 is 5.91 Å². The van der Waals surface area contributed by atoms with Crippen LogP contribution in [0.15, 0.2) is 6.33 Å². The van der Waals surface area contributed by atoms with E-state index in [0.717, 1.165) is 25.9 Å². The second-order valence-corrected chi connectivity index (χ2v) is 4.83. The summed E-state index contributed by atoms with van der Waals surface area (Å²) in [5, 5.41) is 10.3. The Labute approximate surface area is 101 Å². The summed E-state index contributed by atoms with van der Waals surface area (Å²) in [5.41, 5.74) is -0.250. The molecule has 1 aliphatic rings. The molecule has 0 radical (unpaired) electrons. The van der Waals surface area contributed by atoms with Crippen molar-refractivity contribution in [1.82, 2.24) is 25.4 Å². The first-order valence-electron chi connectivity index (χ1n) is 5.94. The molecule has 94 valence electrons. The Balaban J connectivity index is 1.88. The van der Waals surface area contributed by atoms with Gasteiger partial charge in [0.2, 0.25) is 5.91 Å². The molecular formula is C11H19N5O. The number of nitrogens with zero attached hydrogens (tertiary/aromatic N) is 3. The highest BCUT2D eigenvalue weighted by molar-refractivity contribution is 5.82. The number of carbonyl (C=O) groups excluding carboxylic acids is 1. The van der Waals surface area contributed by atoms with Crippen LogP contribution in [0.1, 0.15) is 25.6 Å². The van der Waals surface area contributed by atoms with E-state index in [0.29, 0.717) is 12.4 Å². The number of nitrogens with one attached hydrogen (secondary N) is 2. The third-order valence-corrected chi connectivity index (χ3v) is 3.31. The molecule has 2 N–H and O–H groups in total. The van der Waals surface area contributed by atoms with Crippen molar-refractivity contribution in [3.05, 3.63) is 12.2 Å². The van der Waals surface area contributed by atoms with Crippen molar-refractivity contribution in [1.29, 1.82) is 0 Å². The van der Waals surface area contributed by atoms with E-state index in [-0.39, 0.29) is 11.3 Å². The predicted molar refractivity (Wildman–Crippen MR) is 63.1 cm³/mol. The molecule has 1 amide bonds. The van der Waals surface area contributed by atoms with Crippen LogP contribution in [0, 0.1) is 5.41 Å². The van der Waals surface area contributed by atoms with Crippen LogP contribution >= 0.6 is 0 Å². The minimum absolute atomic E-state index is 0.103. The van der Waals surface area contributed by atoms with Crippen LogP contribution in [-0.4, -0.2) is 33.8 Å². The molecule has 0 aliphatic carbocycles. The van der Waals surface area contributed by atoms with Gasteiger partial charge in [-0.25, -0.2) is 4.98 Å². The molecule has 0 bridgehead atoms. The minimum atomic E-state index is -0.250. The number of hydrogen-bond donors (Lipinski definition) is 2. The quantitative estimate of drug-likeness (QED) is 0.765. The number of rotatable bonds is 3. The Morgan fingerprint density at radius 3 is 2.88 bits per heavy atom. The molecule has 1 aliphatic heterocycles. The highest BCUT2D eigenvalue weighted by Crippen LogP contribution is 2.27. The molecule has 1 aromatic rings. The topological polar surface area (TPSA) is 71.8 Å². The Kier molecular flexibility index (Phi) is 3.42. The summed E-state index contributed by atoms with van der Waals surface area (Å²) in [5.74, 6) is 0.754. The average molecular weight is 237 g/mol. The van der Waals surface area contributed by atoms with E-state index in [1.807, 2.05) is 14.0 Å². The number of aromatic nitrogens is 3. The number of aryl methyl sites for hydroxylation is 1. The summed E-state index contributed by atoms with van der Waals surface area (Å²) in [6, 6.07) is 0. The minimum Gasteiger partial charge on any atom is -0.348 e. The van der Waals surface area contributed by atoms with Crippen LogP contribution in [0.25, 0.3) is 0 Å². The van der Waals surface area contributed by atoms with Gasteiger partial charge in [-0.1, -0.05) is 6.92 Å². The summed E-state index contributed by atoms with van der Waals surface area (Å²) in [7, 11) is 1.81. The van der Waals surface area contributed by atoms with E-state index < -0.39 is 0 Å². The molecule has 1 saturated heterocycles. The predicted octanol–water partition coefficient (Wildman–Crippen LogP) is -0.179. The van der Waals surface area contributed by atoms with Gasteiger partial charge in [0.05, 0.1) is 6.54 Å². The Morgan fingerprint density at radius 1 is 1.59 bits per heavy atom. The molecular weight excluding hydrogens is 218 g/mol. The van der Waals surface area contributed by atoms with E-state index in [1.165, 1.54) is 0 Å². The Hall–Kier alpha value is -1.43. The lowest BCUT2D eigenvalue weighted by molar-refractivity contribution is -0.131. The Bertz CT molecular complexity index is 394. The van der Waals surface area contributed by atoms with Gasteiger partial charge in [0.25, 0.3) is 0 Å². The number of amides is 1. The van der Waals surface area contributed by atoms with Crippen LogP contribution < -0.4 is 10.6 Å². The summed E-state index contributed by atoms with van der Waals surface area (Å²) < 4.78 is 1.63. The molecule has 0 aromatic carbocycles. The van der Waals surface area contributed by atoms with E-state index in [1.54, 1.807) is 11.0 Å². The summed E-state index contributed by atoms with van der Waals surface area (Å²) in [4.78, 5) is 16.2. The van der Waals surface area contributed by atoms with Crippen LogP contribution in [0.4, 0.5) is 0 Å². The first-order valence-corrected chi connectivity index (χ1v) is 5.94. The van der Waals surface area contributed by atoms with Gasteiger partial charge in [0, 0.05) is 12.5 Å². The van der Waals surface area contributed by atoms with Crippen molar-refractivity contribution < 1.29 is 4.79 Å². The molecule has 1 aromatic heterocycles. The smallest absolute Gasteiger partial charge is 0.226 e. The van der Waals surface area contributed by atoms with Gasteiger partial charge in [0.1, 0.15) is 6.33 Å². The summed E-state index contributed by atoms with van der Waals surface area (Å²) >= 11 is 0. The largest absolute Gasteiger partial charge is 0.348 e. The van der Waals surface area contributed by atoms with E-state index in [2.05, 4.69) is 20.7 Å². The van der Waals surface area contributed by atoms with E-state index in [4.69, 9.17) is 0 Å². The first kappa shape index (κ1) is 12.0. The first-order chi connectivity index (χ1) is 8.10. The molecule has 0 spiro atoms. The van der Waals surface area contributed by atoms with Gasteiger partial charge in [0.15, 0.2) is 5.82 Å².